The minimum atomic E-state index is -0.252. The van der Waals surface area contributed by atoms with Crippen LogP contribution >= 0.6 is 0 Å². The molecular weight excluding hydrogens is 334 g/mol. The number of hydrogen-bond donors (Lipinski definition) is 1. The smallest absolute Gasteiger partial charge is 0.253 e. The van der Waals surface area contributed by atoms with Crippen LogP contribution in [0.15, 0.2) is 36.4 Å². The third-order valence-electron chi connectivity index (χ3n) is 4.27. The Morgan fingerprint density at radius 2 is 2.00 bits per heavy atom. The lowest BCUT2D eigenvalue weighted by atomic mass is 10.1. The molecule has 7 nitrogen and oxygen atoms in total. The summed E-state index contributed by atoms with van der Waals surface area (Å²) in [4.78, 5) is 30.6. The maximum Gasteiger partial charge on any atom is 0.253 e. The number of ether oxygens (including phenoxy) is 2. The van der Waals surface area contributed by atoms with Crippen molar-refractivity contribution >= 4 is 17.5 Å². The van der Waals surface area contributed by atoms with Crippen molar-refractivity contribution < 1.29 is 19.1 Å². The van der Waals surface area contributed by atoms with Gasteiger partial charge in [-0.15, -0.1) is 0 Å². The summed E-state index contributed by atoms with van der Waals surface area (Å²) in [6.45, 7) is 0.890. The Morgan fingerprint density at radius 3 is 2.69 bits per heavy atom. The molecule has 0 radical (unpaired) electrons. The van der Waals surface area contributed by atoms with Gasteiger partial charge < -0.3 is 19.7 Å². The van der Waals surface area contributed by atoms with Gasteiger partial charge in [0.05, 0.1) is 25.5 Å². The Bertz CT molecular complexity index is 822. The summed E-state index contributed by atoms with van der Waals surface area (Å²) in [5.41, 5.74) is 1.85. The minimum Gasteiger partial charge on any atom is -0.481 e. The van der Waals surface area contributed by atoms with Crippen LogP contribution in [-0.2, 0) is 11.3 Å². The van der Waals surface area contributed by atoms with E-state index in [0.29, 0.717) is 36.0 Å². The summed E-state index contributed by atoms with van der Waals surface area (Å²) < 4.78 is 10.3. The molecule has 0 unspecified atom stereocenters. The Kier molecular flexibility index (Phi) is 5.36. The molecule has 2 heterocycles. The SMILES string of the molecule is COc1ccc(CNC(=O)c2ccccc2N2CCCC2=O)c(OC)n1. The molecule has 26 heavy (non-hydrogen) atoms. The van der Waals surface area contributed by atoms with E-state index in [9.17, 15) is 9.59 Å². The van der Waals surface area contributed by atoms with Gasteiger partial charge in [0.15, 0.2) is 0 Å². The van der Waals surface area contributed by atoms with Crippen LogP contribution in [0.5, 0.6) is 11.8 Å². The second kappa shape index (κ2) is 7.86. The average molecular weight is 355 g/mol. The number of para-hydroxylation sites is 1. The highest BCUT2D eigenvalue weighted by Crippen LogP contribution is 2.26. The lowest BCUT2D eigenvalue weighted by Crippen LogP contribution is -2.29. The second-order valence-corrected chi connectivity index (χ2v) is 5.87. The lowest BCUT2D eigenvalue weighted by Gasteiger charge is -2.19. The first-order valence-corrected chi connectivity index (χ1v) is 8.39. The van der Waals surface area contributed by atoms with Gasteiger partial charge in [-0.3, -0.25) is 9.59 Å². The first kappa shape index (κ1) is 17.7. The van der Waals surface area contributed by atoms with E-state index in [-0.39, 0.29) is 18.4 Å². The number of carbonyl (C=O) groups excluding carboxylic acids is 2. The summed E-state index contributed by atoms with van der Waals surface area (Å²) >= 11 is 0. The molecule has 0 spiro atoms. The molecule has 2 amide bonds. The predicted molar refractivity (Wildman–Crippen MR) is 96.5 cm³/mol. The van der Waals surface area contributed by atoms with Crippen molar-refractivity contribution in [2.45, 2.75) is 19.4 Å². The molecule has 7 heteroatoms. The molecule has 1 N–H and O–H groups in total. The number of hydrogen-bond acceptors (Lipinski definition) is 5. The number of rotatable bonds is 6. The zero-order valence-corrected chi connectivity index (χ0v) is 14.8. The summed E-state index contributed by atoms with van der Waals surface area (Å²) in [6, 6.07) is 10.6. The normalized spacial score (nSPS) is 13.6. The first-order valence-electron chi connectivity index (χ1n) is 8.39. The number of aromatic nitrogens is 1. The zero-order chi connectivity index (χ0) is 18.5. The third-order valence-corrected chi connectivity index (χ3v) is 4.27. The molecule has 0 bridgehead atoms. The van der Waals surface area contributed by atoms with Crippen molar-refractivity contribution in [2.75, 3.05) is 25.7 Å². The zero-order valence-electron chi connectivity index (χ0n) is 14.8. The molecule has 1 aromatic carbocycles. The molecule has 0 atom stereocenters. The Hall–Kier alpha value is -3.09. The van der Waals surface area contributed by atoms with E-state index in [1.165, 1.54) is 14.2 Å². The van der Waals surface area contributed by atoms with Crippen molar-refractivity contribution in [1.29, 1.82) is 0 Å². The molecule has 0 saturated carbocycles. The number of methoxy groups -OCH3 is 2. The quantitative estimate of drug-likeness (QED) is 0.859. The highest BCUT2D eigenvalue weighted by Gasteiger charge is 2.25. The fourth-order valence-electron chi connectivity index (χ4n) is 2.95. The van der Waals surface area contributed by atoms with Crippen molar-refractivity contribution in [1.82, 2.24) is 10.3 Å². The van der Waals surface area contributed by atoms with Crippen LogP contribution in [0.25, 0.3) is 0 Å². The van der Waals surface area contributed by atoms with Gasteiger partial charge in [0.1, 0.15) is 0 Å². The molecule has 0 aliphatic carbocycles. The van der Waals surface area contributed by atoms with Crippen molar-refractivity contribution in [3.63, 3.8) is 0 Å². The number of carbonyl (C=O) groups is 2. The average Bonchev–Trinajstić information content (AvgIpc) is 3.11. The fourth-order valence-corrected chi connectivity index (χ4v) is 2.95. The molecule has 3 rings (SSSR count). The van der Waals surface area contributed by atoms with E-state index in [4.69, 9.17) is 9.47 Å². The van der Waals surface area contributed by atoms with E-state index in [1.54, 1.807) is 35.2 Å². The van der Waals surface area contributed by atoms with Gasteiger partial charge in [0, 0.05) is 31.1 Å². The fraction of sp³-hybridized carbons (Fsp3) is 0.316. The molecule has 1 aliphatic heterocycles. The Balaban J connectivity index is 1.76. The second-order valence-electron chi connectivity index (χ2n) is 5.87. The molecule has 136 valence electrons. The molecular formula is C19H21N3O4. The largest absolute Gasteiger partial charge is 0.481 e. The minimum absolute atomic E-state index is 0.0475. The van der Waals surface area contributed by atoms with Crippen molar-refractivity contribution in [2.24, 2.45) is 0 Å². The molecule has 2 aromatic rings. The number of benzene rings is 1. The van der Waals surface area contributed by atoms with Gasteiger partial charge in [-0.05, 0) is 24.6 Å². The van der Waals surface area contributed by atoms with Gasteiger partial charge in [-0.25, -0.2) is 0 Å². The molecule has 1 fully saturated rings. The summed E-state index contributed by atoms with van der Waals surface area (Å²) in [5.74, 6) is 0.631. The lowest BCUT2D eigenvalue weighted by molar-refractivity contribution is -0.117. The molecule has 1 saturated heterocycles. The van der Waals surface area contributed by atoms with Crippen LogP contribution in [0.4, 0.5) is 5.69 Å². The van der Waals surface area contributed by atoms with Gasteiger partial charge in [0.2, 0.25) is 17.7 Å². The van der Waals surface area contributed by atoms with E-state index in [1.807, 2.05) is 6.07 Å². The molecule has 1 aliphatic rings. The van der Waals surface area contributed by atoms with E-state index < -0.39 is 0 Å². The highest BCUT2D eigenvalue weighted by atomic mass is 16.5. The van der Waals surface area contributed by atoms with E-state index in [0.717, 1.165) is 12.0 Å². The van der Waals surface area contributed by atoms with Crippen molar-refractivity contribution in [3.8, 4) is 11.8 Å². The standard InChI is InChI=1S/C19H21N3O4/c1-25-16-10-9-13(19(21-16)26-2)12-20-18(24)14-6-3-4-7-15(14)22-11-5-8-17(22)23/h3-4,6-7,9-10H,5,8,11-12H2,1-2H3,(H,20,24). The summed E-state index contributed by atoms with van der Waals surface area (Å²) in [5, 5.41) is 2.87. The number of nitrogens with zero attached hydrogens (tertiary/aromatic N) is 2. The Morgan fingerprint density at radius 1 is 1.19 bits per heavy atom. The maximum atomic E-state index is 12.7. The van der Waals surface area contributed by atoms with Gasteiger partial charge in [-0.2, -0.15) is 4.98 Å². The molecule has 1 aromatic heterocycles. The van der Waals surface area contributed by atoms with E-state index >= 15 is 0 Å². The van der Waals surface area contributed by atoms with Crippen LogP contribution in [-0.4, -0.2) is 37.6 Å². The van der Waals surface area contributed by atoms with Gasteiger partial charge >= 0.3 is 0 Å². The highest BCUT2D eigenvalue weighted by molar-refractivity contribution is 6.05. The Labute approximate surface area is 151 Å². The van der Waals surface area contributed by atoms with Crippen molar-refractivity contribution in [3.05, 3.63) is 47.5 Å². The van der Waals surface area contributed by atoms with Crippen LogP contribution in [0.2, 0.25) is 0 Å². The summed E-state index contributed by atoms with van der Waals surface area (Å²) in [6.07, 6.45) is 1.33. The number of amides is 2. The maximum absolute atomic E-state index is 12.7. The van der Waals surface area contributed by atoms with E-state index in [2.05, 4.69) is 10.3 Å². The van der Waals surface area contributed by atoms with Gasteiger partial charge in [-0.1, -0.05) is 12.1 Å². The number of nitrogens with one attached hydrogen (secondary N) is 1. The monoisotopic (exact) mass is 355 g/mol. The summed E-state index contributed by atoms with van der Waals surface area (Å²) in [7, 11) is 3.04. The van der Waals surface area contributed by atoms with Crippen LogP contribution in [0.1, 0.15) is 28.8 Å². The predicted octanol–water partition coefficient (Wildman–Crippen LogP) is 2.16. The topological polar surface area (TPSA) is 80.8 Å². The number of anilines is 1. The first-order chi connectivity index (χ1) is 12.6. The third kappa shape index (κ3) is 3.61. The van der Waals surface area contributed by atoms with Crippen LogP contribution < -0.4 is 19.7 Å². The van der Waals surface area contributed by atoms with Crippen LogP contribution in [0, 0.1) is 0 Å². The van der Waals surface area contributed by atoms with Gasteiger partial charge in [0.25, 0.3) is 5.91 Å². The number of pyridine rings is 1. The van der Waals surface area contributed by atoms with Crippen LogP contribution in [0.3, 0.4) is 0 Å².